The maximum absolute atomic E-state index is 12.5. The van der Waals surface area contributed by atoms with Crippen molar-refractivity contribution in [2.75, 3.05) is 36.8 Å². The monoisotopic (exact) mass is 395 g/mol. The fraction of sp³-hybridized carbons (Fsp3) is 0.471. The molecule has 0 aliphatic carbocycles. The van der Waals surface area contributed by atoms with Gasteiger partial charge >= 0.3 is 5.69 Å². The molecule has 0 bridgehead atoms. The van der Waals surface area contributed by atoms with Crippen LogP contribution in [0.3, 0.4) is 0 Å². The highest BCUT2D eigenvalue weighted by molar-refractivity contribution is 7.99. The highest BCUT2D eigenvalue weighted by Crippen LogP contribution is 2.26. The molecular formula is C17H22ClN5O2S. The Morgan fingerprint density at radius 2 is 2.00 bits per heavy atom. The smallest absolute Gasteiger partial charge is 0.343 e. The number of hydrogen-bond donors (Lipinski definition) is 1. The zero-order valence-corrected chi connectivity index (χ0v) is 16.2. The van der Waals surface area contributed by atoms with Gasteiger partial charge in [-0.1, -0.05) is 42.4 Å². The van der Waals surface area contributed by atoms with Crippen LogP contribution in [0.1, 0.15) is 13.3 Å². The number of aromatic nitrogens is 3. The minimum atomic E-state index is -0.227. The Bertz CT molecular complexity index is 813. The first-order chi connectivity index (χ1) is 12.6. The van der Waals surface area contributed by atoms with Crippen LogP contribution in [0.25, 0.3) is 0 Å². The predicted molar refractivity (Wildman–Crippen MR) is 104 cm³/mol. The third-order valence-corrected chi connectivity index (χ3v) is 5.60. The van der Waals surface area contributed by atoms with Crippen LogP contribution in [0.5, 0.6) is 0 Å². The molecule has 1 saturated heterocycles. The number of para-hydroxylation sites is 1. The van der Waals surface area contributed by atoms with Gasteiger partial charge in [-0.25, -0.2) is 9.89 Å². The van der Waals surface area contributed by atoms with E-state index in [1.54, 1.807) is 4.57 Å². The molecule has 0 radical (unpaired) electrons. The molecule has 1 amide bonds. The number of benzene rings is 1. The van der Waals surface area contributed by atoms with Gasteiger partial charge in [0.1, 0.15) is 0 Å². The van der Waals surface area contributed by atoms with Crippen LogP contribution >= 0.6 is 23.4 Å². The number of hydrogen-bond acceptors (Lipinski definition) is 5. The van der Waals surface area contributed by atoms with Crippen LogP contribution in [-0.4, -0.2) is 57.5 Å². The van der Waals surface area contributed by atoms with E-state index in [2.05, 4.69) is 15.1 Å². The van der Waals surface area contributed by atoms with Gasteiger partial charge in [-0.3, -0.25) is 9.36 Å². The zero-order chi connectivity index (χ0) is 18.5. The molecule has 1 N–H and O–H groups in total. The van der Waals surface area contributed by atoms with Crippen molar-refractivity contribution in [3.63, 3.8) is 0 Å². The summed E-state index contributed by atoms with van der Waals surface area (Å²) < 4.78 is 1.58. The fourth-order valence-corrected chi connectivity index (χ4v) is 4.09. The molecule has 2 heterocycles. The number of nitrogens with one attached hydrogen (secondary N) is 1. The molecule has 7 nitrogen and oxygen atoms in total. The molecule has 2 aromatic rings. The third kappa shape index (κ3) is 4.24. The Labute approximate surface area is 161 Å². The highest BCUT2D eigenvalue weighted by atomic mass is 35.5. The molecule has 1 aromatic carbocycles. The Hall–Kier alpha value is -1.93. The average molecular weight is 396 g/mol. The highest BCUT2D eigenvalue weighted by Gasteiger charge is 2.23. The number of nitrogens with zero attached hydrogens (tertiary/aromatic N) is 4. The van der Waals surface area contributed by atoms with Gasteiger partial charge in [0.15, 0.2) is 5.16 Å². The van der Waals surface area contributed by atoms with E-state index in [0.717, 1.165) is 30.2 Å². The minimum absolute atomic E-state index is 0.0623. The summed E-state index contributed by atoms with van der Waals surface area (Å²) in [7, 11) is 0. The number of piperazine rings is 1. The molecule has 140 valence electrons. The normalized spacial score (nSPS) is 14.7. The molecule has 0 spiro atoms. The minimum Gasteiger partial charge on any atom is -0.367 e. The zero-order valence-electron chi connectivity index (χ0n) is 14.7. The van der Waals surface area contributed by atoms with Crippen molar-refractivity contribution >= 4 is 35.0 Å². The first-order valence-electron chi connectivity index (χ1n) is 8.65. The third-order valence-electron chi connectivity index (χ3n) is 4.32. The lowest BCUT2D eigenvalue weighted by molar-refractivity contribution is -0.128. The van der Waals surface area contributed by atoms with E-state index in [-0.39, 0.29) is 17.3 Å². The number of aromatic amines is 1. The number of anilines is 1. The standard InChI is InChI=1S/C17H22ClN5O2S/c1-2-7-23-16(25)19-20-17(23)26-12-15(24)22-10-8-21(9-11-22)14-6-4-3-5-13(14)18/h3-6H,2,7-12H2,1H3,(H,19,25). The molecule has 1 aromatic heterocycles. The molecule has 1 aliphatic heterocycles. The second kappa shape index (κ2) is 8.64. The molecule has 1 fully saturated rings. The predicted octanol–water partition coefficient (Wildman–Crippen LogP) is 2.08. The Morgan fingerprint density at radius 3 is 2.69 bits per heavy atom. The van der Waals surface area contributed by atoms with Crippen molar-refractivity contribution in [3.8, 4) is 0 Å². The summed E-state index contributed by atoms with van der Waals surface area (Å²) in [5, 5.41) is 7.76. The topological polar surface area (TPSA) is 74.2 Å². The van der Waals surface area contributed by atoms with Crippen LogP contribution in [-0.2, 0) is 11.3 Å². The lowest BCUT2D eigenvalue weighted by Crippen LogP contribution is -2.49. The van der Waals surface area contributed by atoms with Crippen molar-refractivity contribution in [2.24, 2.45) is 0 Å². The summed E-state index contributed by atoms with van der Waals surface area (Å²) >= 11 is 7.56. The summed E-state index contributed by atoms with van der Waals surface area (Å²) in [6.45, 7) is 5.42. The number of amides is 1. The van der Waals surface area contributed by atoms with Gasteiger partial charge in [-0.05, 0) is 18.6 Å². The van der Waals surface area contributed by atoms with Gasteiger partial charge in [-0.2, -0.15) is 0 Å². The van der Waals surface area contributed by atoms with Gasteiger partial charge in [0, 0.05) is 32.7 Å². The van der Waals surface area contributed by atoms with Gasteiger partial charge in [0.25, 0.3) is 0 Å². The van der Waals surface area contributed by atoms with E-state index in [1.807, 2.05) is 36.1 Å². The van der Waals surface area contributed by atoms with Crippen LogP contribution in [0.2, 0.25) is 5.02 Å². The van der Waals surface area contributed by atoms with Gasteiger partial charge in [0.2, 0.25) is 5.91 Å². The number of thioether (sulfide) groups is 1. The van der Waals surface area contributed by atoms with Crippen LogP contribution in [0.15, 0.2) is 34.2 Å². The Morgan fingerprint density at radius 1 is 1.27 bits per heavy atom. The molecular weight excluding hydrogens is 374 g/mol. The Kier molecular flexibility index (Phi) is 6.26. The molecule has 0 unspecified atom stereocenters. The average Bonchev–Trinajstić information content (AvgIpc) is 3.01. The number of H-pyrrole nitrogens is 1. The first kappa shape index (κ1) is 18.8. The van der Waals surface area contributed by atoms with E-state index in [1.165, 1.54) is 11.8 Å². The number of carbonyl (C=O) groups is 1. The van der Waals surface area contributed by atoms with Crippen molar-refractivity contribution in [1.29, 1.82) is 0 Å². The van der Waals surface area contributed by atoms with Crippen molar-refractivity contribution in [1.82, 2.24) is 19.7 Å². The first-order valence-corrected chi connectivity index (χ1v) is 10.0. The lowest BCUT2D eigenvalue weighted by atomic mass is 10.2. The summed E-state index contributed by atoms with van der Waals surface area (Å²) in [5.74, 6) is 0.340. The number of rotatable bonds is 6. The van der Waals surface area contributed by atoms with Crippen molar-refractivity contribution in [3.05, 3.63) is 39.8 Å². The van der Waals surface area contributed by atoms with Crippen molar-refractivity contribution < 1.29 is 4.79 Å². The van der Waals surface area contributed by atoms with E-state index >= 15 is 0 Å². The summed E-state index contributed by atoms with van der Waals surface area (Å²) in [6, 6.07) is 7.76. The van der Waals surface area contributed by atoms with Gasteiger partial charge in [-0.15, -0.1) is 5.10 Å². The van der Waals surface area contributed by atoms with Crippen LogP contribution < -0.4 is 10.6 Å². The molecule has 9 heteroatoms. The van der Waals surface area contributed by atoms with Gasteiger partial charge < -0.3 is 9.80 Å². The molecule has 26 heavy (non-hydrogen) atoms. The fourth-order valence-electron chi connectivity index (χ4n) is 2.96. The second-order valence-corrected chi connectivity index (χ2v) is 7.42. The quantitative estimate of drug-likeness (QED) is 0.758. The van der Waals surface area contributed by atoms with E-state index in [9.17, 15) is 9.59 Å². The van der Waals surface area contributed by atoms with E-state index in [4.69, 9.17) is 11.6 Å². The summed E-state index contributed by atoms with van der Waals surface area (Å²) in [5.41, 5.74) is 0.783. The lowest BCUT2D eigenvalue weighted by Gasteiger charge is -2.36. The van der Waals surface area contributed by atoms with Crippen LogP contribution in [0, 0.1) is 0 Å². The van der Waals surface area contributed by atoms with Crippen molar-refractivity contribution in [2.45, 2.75) is 25.0 Å². The molecule has 0 atom stereocenters. The maximum Gasteiger partial charge on any atom is 0.343 e. The van der Waals surface area contributed by atoms with E-state index < -0.39 is 0 Å². The van der Waals surface area contributed by atoms with Crippen LogP contribution in [0.4, 0.5) is 5.69 Å². The Balaban J connectivity index is 1.53. The summed E-state index contributed by atoms with van der Waals surface area (Å²) in [6.07, 6.45) is 0.838. The SMILES string of the molecule is CCCn1c(SCC(=O)N2CCN(c3ccccc3Cl)CC2)n[nH]c1=O. The number of carbonyl (C=O) groups excluding carboxylic acids is 1. The largest absolute Gasteiger partial charge is 0.367 e. The van der Waals surface area contributed by atoms with Gasteiger partial charge in [0.05, 0.1) is 16.5 Å². The van der Waals surface area contributed by atoms with E-state index in [0.29, 0.717) is 24.8 Å². The summed E-state index contributed by atoms with van der Waals surface area (Å²) in [4.78, 5) is 28.2. The molecule has 1 aliphatic rings. The second-order valence-electron chi connectivity index (χ2n) is 6.07. The molecule has 3 rings (SSSR count). The number of halogens is 1. The molecule has 0 saturated carbocycles. The maximum atomic E-state index is 12.5.